The predicted molar refractivity (Wildman–Crippen MR) is 88.3 cm³/mol. The van der Waals surface area contributed by atoms with Crippen LogP contribution in [0.15, 0.2) is 48.5 Å². The molecule has 0 radical (unpaired) electrons. The van der Waals surface area contributed by atoms with Crippen LogP contribution in [0.5, 0.6) is 11.5 Å². The van der Waals surface area contributed by atoms with E-state index >= 15 is 0 Å². The number of ether oxygens (including phenoxy) is 2. The van der Waals surface area contributed by atoms with E-state index in [1.165, 1.54) is 5.56 Å². The summed E-state index contributed by atoms with van der Waals surface area (Å²) in [6, 6.07) is 15.7. The third kappa shape index (κ3) is 3.06. The maximum absolute atomic E-state index is 12.4. The summed E-state index contributed by atoms with van der Waals surface area (Å²) in [4.78, 5) is 12.4. The van der Waals surface area contributed by atoms with Gasteiger partial charge in [-0.2, -0.15) is 0 Å². The van der Waals surface area contributed by atoms with E-state index in [1.54, 1.807) is 0 Å². The van der Waals surface area contributed by atoms with Gasteiger partial charge in [0, 0.05) is 12.6 Å². The van der Waals surface area contributed by atoms with Gasteiger partial charge in [0.25, 0.3) is 0 Å². The number of nitrogens with one attached hydrogen (secondary N) is 3. The van der Waals surface area contributed by atoms with Crippen LogP contribution in [-0.2, 0) is 11.3 Å². The number of amides is 1. The van der Waals surface area contributed by atoms with Crippen molar-refractivity contribution >= 4 is 5.91 Å². The lowest BCUT2D eigenvalue weighted by molar-refractivity contribution is -0.123. The summed E-state index contributed by atoms with van der Waals surface area (Å²) in [5.74, 6) is 1.46. The number of rotatable bonds is 4. The molecule has 6 nitrogen and oxygen atoms in total. The Morgan fingerprint density at radius 3 is 2.79 bits per heavy atom. The lowest BCUT2D eigenvalue weighted by Gasteiger charge is -2.11. The molecule has 1 saturated heterocycles. The standard InChI is InChI=1S/C18H19N3O3/c22-18(15-9-14(20-21-15)13-4-2-1-3-5-13)19-10-12-6-7-16-17(8-12)24-11-23-16/h1-8,14-15,20-21H,9-11H2,(H,19,22). The van der Waals surface area contributed by atoms with E-state index in [0.29, 0.717) is 6.54 Å². The molecule has 6 heteroatoms. The number of hydrogen-bond acceptors (Lipinski definition) is 5. The van der Waals surface area contributed by atoms with Crippen molar-refractivity contribution in [3.05, 3.63) is 59.7 Å². The first-order valence-electron chi connectivity index (χ1n) is 8.02. The van der Waals surface area contributed by atoms with Gasteiger partial charge in [0.05, 0.1) is 0 Å². The first-order chi connectivity index (χ1) is 11.8. The summed E-state index contributed by atoms with van der Waals surface area (Å²) in [5, 5.41) is 2.97. The molecule has 1 fully saturated rings. The summed E-state index contributed by atoms with van der Waals surface area (Å²) in [6.45, 7) is 0.716. The monoisotopic (exact) mass is 325 g/mol. The molecule has 2 unspecified atom stereocenters. The summed E-state index contributed by atoms with van der Waals surface area (Å²) < 4.78 is 10.6. The Bertz CT molecular complexity index is 736. The number of benzene rings is 2. The fraction of sp³-hybridized carbons (Fsp3) is 0.278. The average molecular weight is 325 g/mol. The lowest BCUT2D eigenvalue weighted by atomic mass is 10.0. The van der Waals surface area contributed by atoms with Gasteiger partial charge in [-0.05, 0) is 29.7 Å². The Morgan fingerprint density at radius 1 is 1.08 bits per heavy atom. The van der Waals surface area contributed by atoms with Crippen molar-refractivity contribution in [2.24, 2.45) is 0 Å². The van der Waals surface area contributed by atoms with Crippen molar-refractivity contribution in [1.82, 2.24) is 16.2 Å². The molecule has 2 aliphatic rings. The van der Waals surface area contributed by atoms with Crippen LogP contribution in [0.3, 0.4) is 0 Å². The minimum Gasteiger partial charge on any atom is -0.454 e. The molecule has 0 saturated carbocycles. The van der Waals surface area contributed by atoms with Crippen LogP contribution < -0.4 is 25.6 Å². The Balaban J connectivity index is 1.32. The second-order valence-corrected chi connectivity index (χ2v) is 5.95. The second kappa shape index (κ2) is 6.51. The predicted octanol–water partition coefficient (Wildman–Crippen LogP) is 1.64. The average Bonchev–Trinajstić information content (AvgIpc) is 3.29. The molecule has 0 aliphatic carbocycles. The zero-order valence-electron chi connectivity index (χ0n) is 13.1. The summed E-state index contributed by atoms with van der Waals surface area (Å²) in [7, 11) is 0. The molecule has 2 aromatic rings. The highest BCUT2D eigenvalue weighted by Crippen LogP contribution is 2.32. The molecule has 2 aromatic carbocycles. The zero-order chi connectivity index (χ0) is 16.4. The zero-order valence-corrected chi connectivity index (χ0v) is 13.1. The third-order valence-electron chi connectivity index (χ3n) is 4.33. The minimum absolute atomic E-state index is 0.0152. The van der Waals surface area contributed by atoms with Crippen LogP contribution in [0.2, 0.25) is 0 Å². The van der Waals surface area contributed by atoms with E-state index < -0.39 is 0 Å². The van der Waals surface area contributed by atoms with Gasteiger partial charge in [0.15, 0.2) is 11.5 Å². The van der Waals surface area contributed by atoms with E-state index in [2.05, 4.69) is 28.3 Å². The van der Waals surface area contributed by atoms with Gasteiger partial charge in [-0.1, -0.05) is 36.4 Å². The van der Waals surface area contributed by atoms with Crippen molar-refractivity contribution in [3.63, 3.8) is 0 Å². The number of carbonyl (C=O) groups is 1. The Hall–Kier alpha value is -2.57. The van der Waals surface area contributed by atoms with E-state index in [1.807, 2.05) is 36.4 Å². The summed E-state index contributed by atoms with van der Waals surface area (Å²) >= 11 is 0. The first-order valence-corrected chi connectivity index (χ1v) is 8.02. The van der Waals surface area contributed by atoms with Gasteiger partial charge in [0.2, 0.25) is 12.7 Å². The van der Waals surface area contributed by atoms with Gasteiger partial charge < -0.3 is 14.8 Å². The highest BCUT2D eigenvalue weighted by atomic mass is 16.7. The van der Waals surface area contributed by atoms with Crippen molar-refractivity contribution < 1.29 is 14.3 Å². The van der Waals surface area contributed by atoms with Gasteiger partial charge in [-0.3, -0.25) is 4.79 Å². The van der Waals surface area contributed by atoms with Crippen LogP contribution in [0.4, 0.5) is 0 Å². The molecular formula is C18H19N3O3. The topological polar surface area (TPSA) is 71.6 Å². The third-order valence-corrected chi connectivity index (χ3v) is 4.33. The first kappa shape index (κ1) is 15.0. The lowest BCUT2D eigenvalue weighted by Crippen LogP contribution is -2.42. The fourth-order valence-corrected chi connectivity index (χ4v) is 3.00. The molecule has 1 amide bonds. The highest BCUT2D eigenvalue weighted by molar-refractivity contribution is 5.82. The van der Waals surface area contributed by atoms with E-state index in [4.69, 9.17) is 9.47 Å². The van der Waals surface area contributed by atoms with Gasteiger partial charge >= 0.3 is 0 Å². The van der Waals surface area contributed by atoms with E-state index in [-0.39, 0.29) is 24.8 Å². The normalized spacial score (nSPS) is 21.7. The minimum atomic E-state index is -0.246. The van der Waals surface area contributed by atoms with Crippen molar-refractivity contribution in [3.8, 4) is 11.5 Å². The molecule has 0 spiro atoms. The molecule has 2 atom stereocenters. The summed E-state index contributed by atoms with van der Waals surface area (Å²) in [6.07, 6.45) is 0.719. The molecule has 124 valence electrons. The SMILES string of the molecule is O=C(NCc1ccc2c(c1)OCO2)C1CC(c2ccccc2)NN1. The maximum atomic E-state index is 12.4. The molecular weight excluding hydrogens is 306 g/mol. The van der Waals surface area contributed by atoms with Crippen LogP contribution >= 0.6 is 0 Å². The molecule has 0 bridgehead atoms. The number of hydrogen-bond donors (Lipinski definition) is 3. The van der Waals surface area contributed by atoms with E-state index in [9.17, 15) is 4.79 Å². The molecule has 4 rings (SSSR count). The van der Waals surface area contributed by atoms with Crippen LogP contribution in [-0.4, -0.2) is 18.7 Å². The Morgan fingerprint density at radius 2 is 1.92 bits per heavy atom. The Labute approximate surface area is 140 Å². The van der Waals surface area contributed by atoms with Crippen LogP contribution in [0.1, 0.15) is 23.6 Å². The number of fused-ring (bicyclic) bond motifs is 1. The molecule has 24 heavy (non-hydrogen) atoms. The molecule has 3 N–H and O–H groups in total. The van der Waals surface area contributed by atoms with Crippen molar-refractivity contribution in [2.45, 2.75) is 25.0 Å². The van der Waals surface area contributed by atoms with Gasteiger partial charge in [-0.15, -0.1) is 0 Å². The molecule has 2 heterocycles. The van der Waals surface area contributed by atoms with Crippen molar-refractivity contribution in [2.75, 3.05) is 6.79 Å². The smallest absolute Gasteiger partial charge is 0.238 e. The molecule has 0 aromatic heterocycles. The number of hydrazine groups is 1. The summed E-state index contributed by atoms with van der Waals surface area (Å²) in [5.41, 5.74) is 8.43. The molecule has 2 aliphatic heterocycles. The maximum Gasteiger partial charge on any atom is 0.238 e. The fourth-order valence-electron chi connectivity index (χ4n) is 3.00. The van der Waals surface area contributed by atoms with Gasteiger partial charge in [0.1, 0.15) is 6.04 Å². The Kier molecular flexibility index (Phi) is 4.06. The van der Waals surface area contributed by atoms with E-state index in [0.717, 1.165) is 23.5 Å². The van der Waals surface area contributed by atoms with Crippen LogP contribution in [0, 0.1) is 0 Å². The highest BCUT2D eigenvalue weighted by Gasteiger charge is 2.29. The second-order valence-electron chi connectivity index (χ2n) is 5.95. The van der Waals surface area contributed by atoms with Crippen molar-refractivity contribution in [1.29, 1.82) is 0 Å². The number of carbonyl (C=O) groups excluding carboxylic acids is 1. The quantitative estimate of drug-likeness (QED) is 0.797. The van der Waals surface area contributed by atoms with Crippen LogP contribution in [0.25, 0.3) is 0 Å². The van der Waals surface area contributed by atoms with Gasteiger partial charge in [-0.25, -0.2) is 10.9 Å². The largest absolute Gasteiger partial charge is 0.454 e.